The van der Waals surface area contributed by atoms with Gasteiger partial charge in [0.15, 0.2) is 11.6 Å². The Balaban J connectivity index is 0.000000176. The van der Waals surface area contributed by atoms with Crippen molar-refractivity contribution >= 4 is 29.5 Å². The molecule has 3 N–H and O–H groups in total. The van der Waals surface area contributed by atoms with Gasteiger partial charge in [0.05, 0.1) is 6.61 Å². The molecule has 0 bridgehead atoms. The third-order valence-corrected chi connectivity index (χ3v) is 7.05. The first-order valence-electron chi connectivity index (χ1n) is 13.1. The molecule has 6 rings (SSSR count). The number of fused-ring (bicyclic) bond motifs is 1. The molecular weight excluding hydrogens is 458 g/mol. The van der Waals surface area contributed by atoms with E-state index in [1.54, 1.807) is 7.11 Å². The molecule has 11 nitrogen and oxygen atoms in total. The zero-order valence-electron chi connectivity index (χ0n) is 21.0. The molecule has 36 heavy (non-hydrogen) atoms. The Morgan fingerprint density at radius 1 is 1.19 bits per heavy atom. The van der Waals surface area contributed by atoms with E-state index in [1.807, 2.05) is 22.8 Å². The van der Waals surface area contributed by atoms with Crippen molar-refractivity contribution in [3.63, 3.8) is 0 Å². The number of aromatic amines is 1. The van der Waals surface area contributed by atoms with Gasteiger partial charge in [0.25, 0.3) is 0 Å². The van der Waals surface area contributed by atoms with Gasteiger partial charge >= 0.3 is 0 Å². The minimum Gasteiger partial charge on any atom is -0.383 e. The van der Waals surface area contributed by atoms with Gasteiger partial charge < -0.3 is 20.3 Å². The SMILES string of the molecule is COCCN1CCC[C@@H](NC=O)C1.c1cc2c(Nc3cc(C4CC4)[nH]n3)nc(N3CCCC3)nn2c1. The lowest BCUT2D eigenvalue weighted by atomic mass is 10.1. The number of likely N-dealkylation sites (tertiary alicyclic amines) is 1. The van der Waals surface area contributed by atoms with E-state index in [2.05, 4.69) is 41.8 Å². The van der Waals surface area contributed by atoms with E-state index >= 15 is 0 Å². The largest absolute Gasteiger partial charge is 0.383 e. The number of aromatic nitrogens is 5. The van der Waals surface area contributed by atoms with Crippen molar-refractivity contribution in [3.8, 4) is 0 Å². The molecule has 1 saturated carbocycles. The molecule has 11 heteroatoms. The normalized spacial score (nSPS) is 20.2. The zero-order valence-corrected chi connectivity index (χ0v) is 21.0. The number of rotatable bonds is 9. The fourth-order valence-electron chi connectivity index (χ4n) is 4.90. The van der Waals surface area contributed by atoms with E-state index in [-0.39, 0.29) is 0 Å². The minimum atomic E-state index is 0.336. The van der Waals surface area contributed by atoms with Gasteiger partial charge in [-0.05, 0) is 57.2 Å². The number of nitrogens with one attached hydrogen (secondary N) is 3. The lowest BCUT2D eigenvalue weighted by molar-refractivity contribution is -0.110. The molecule has 0 spiro atoms. The van der Waals surface area contributed by atoms with Crippen LogP contribution >= 0.6 is 0 Å². The van der Waals surface area contributed by atoms with E-state index in [0.29, 0.717) is 12.0 Å². The van der Waals surface area contributed by atoms with Gasteiger partial charge in [-0.2, -0.15) is 10.1 Å². The predicted molar refractivity (Wildman–Crippen MR) is 139 cm³/mol. The number of hydrogen-bond acceptors (Lipinski definition) is 8. The third-order valence-electron chi connectivity index (χ3n) is 7.05. The van der Waals surface area contributed by atoms with Crippen molar-refractivity contribution in [1.29, 1.82) is 0 Å². The average Bonchev–Trinajstić information content (AvgIpc) is 3.28. The monoisotopic (exact) mass is 495 g/mol. The van der Waals surface area contributed by atoms with Crippen molar-refractivity contribution in [2.75, 3.05) is 56.7 Å². The Morgan fingerprint density at radius 2 is 2.06 bits per heavy atom. The second-order valence-electron chi connectivity index (χ2n) is 9.82. The molecular formula is C25H37N9O2. The number of hydrogen-bond donors (Lipinski definition) is 3. The standard InChI is InChI=1S/C16H19N7.C9H18N2O2/c1-2-8-22(7-1)16-18-15(13-4-3-9-23(13)21-16)17-14-10-12(19-20-14)11-5-6-11;1-13-6-5-11-4-2-3-9(7-11)10-8-12/h3-4,9-11H,1-2,5-8H2,(H2,17,18,19,20,21);8-9H,2-7H2,1H3,(H,10,12)/t;9-/m.1/s1. The number of ether oxygens (including phenoxy) is 1. The molecule has 2 aliphatic heterocycles. The van der Waals surface area contributed by atoms with Crippen LogP contribution in [0.4, 0.5) is 17.6 Å². The second-order valence-corrected chi connectivity index (χ2v) is 9.82. The van der Waals surface area contributed by atoms with Crippen LogP contribution in [0, 0.1) is 0 Å². The molecule has 0 aromatic carbocycles. The number of methoxy groups -OCH3 is 1. The zero-order chi connectivity index (χ0) is 24.7. The highest BCUT2D eigenvalue weighted by Gasteiger charge is 2.26. The summed E-state index contributed by atoms with van der Waals surface area (Å²) in [7, 11) is 1.71. The summed E-state index contributed by atoms with van der Waals surface area (Å²) in [6.45, 7) is 5.88. The fraction of sp³-hybridized carbons (Fsp3) is 0.600. The maximum atomic E-state index is 10.2. The van der Waals surface area contributed by atoms with Gasteiger partial charge in [0.1, 0.15) is 5.52 Å². The summed E-state index contributed by atoms with van der Waals surface area (Å²) in [5.74, 6) is 3.07. The first-order chi connectivity index (χ1) is 17.7. The van der Waals surface area contributed by atoms with Gasteiger partial charge in [0.2, 0.25) is 12.4 Å². The number of H-pyrrole nitrogens is 1. The van der Waals surface area contributed by atoms with Gasteiger partial charge in [0, 0.05) is 63.2 Å². The van der Waals surface area contributed by atoms with Crippen LogP contribution in [0.5, 0.6) is 0 Å². The van der Waals surface area contributed by atoms with Crippen molar-refractivity contribution in [2.45, 2.75) is 50.5 Å². The quantitative estimate of drug-likeness (QED) is 0.388. The fourth-order valence-corrected chi connectivity index (χ4v) is 4.90. The Labute approximate surface area is 211 Å². The summed E-state index contributed by atoms with van der Waals surface area (Å²) in [5.41, 5.74) is 2.18. The number of carbonyl (C=O) groups is 1. The van der Waals surface area contributed by atoms with Crippen LogP contribution in [0.25, 0.3) is 5.52 Å². The van der Waals surface area contributed by atoms with E-state index in [4.69, 9.17) is 9.72 Å². The van der Waals surface area contributed by atoms with Crippen LogP contribution in [-0.4, -0.2) is 88.6 Å². The molecule has 3 fully saturated rings. The van der Waals surface area contributed by atoms with Crippen LogP contribution in [0.1, 0.15) is 50.1 Å². The smallest absolute Gasteiger partial charge is 0.245 e. The number of nitrogens with zero attached hydrogens (tertiary/aromatic N) is 6. The topological polar surface area (TPSA) is 116 Å². The Morgan fingerprint density at radius 3 is 2.83 bits per heavy atom. The summed E-state index contributed by atoms with van der Waals surface area (Å²) in [4.78, 5) is 19.6. The van der Waals surface area contributed by atoms with Crippen LogP contribution < -0.4 is 15.5 Å². The summed E-state index contributed by atoms with van der Waals surface area (Å²) >= 11 is 0. The number of anilines is 3. The highest BCUT2D eigenvalue weighted by Crippen LogP contribution is 2.39. The molecule has 0 radical (unpaired) electrons. The van der Waals surface area contributed by atoms with Crippen molar-refractivity contribution in [2.24, 2.45) is 0 Å². The molecule has 1 aliphatic carbocycles. The summed E-state index contributed by atoms with van der Waals surface area (Å²) < 4.78 is 6.89. The van der Waals surface area contributed by atoms with Gasteiger partial charge in [-0.15, -0.1) is 5.10 Å². The molecule has 1 atom stereocenters. The number of carbonyl (C=O) groups excluding carboxylic acids is 1. The number of amides is 1. The lowest BCUT2D eigenvalue weighted by Gasteiger charge is -2.31. The Bertz CT molecular complexity index is 1120. The van der Waals surface area contributed by atoms with Crippen molar-refractivity contribution < 1.29 is 9.53 Å². The van der Waals surface area contributed by atoms with Gasteiger partial charge in [-0.25, -0.2) is 4.52 Å². The summed E-state index contributed by atoms with van der Waals surface area (Å²) in [6, 6.07) is 6.44. The molecule has 3 aliphatic rings. The van der Waals surface area contributed by atoms with Crippen LogP contribution in [0.2, 0.25) is 0 Å². The van der Waals surface area contributed by atoms with Crippen LogP contribution in [-0.2, 0) is 9.53 Å². The Hall–Kier alpha value is -3.18. The van der Waals surface area contributed by atoms with Crippen LogP contribution in [0.15, 0.2) is 24.4 Å². The highest BCUT2D eigenvalue weighted by molar-refractivity contribution is 5.73. The van der Waals surface area contributed by atoms with Crippen molar-refractivity contribution in [1.82, 2.24) is 35.0 Å². The maximum absolute atomic E-state index is 10.2. The number of piperidine rings is 1. The van der Waals surface area contributed by atoms with Gasteiger partial charge in [-0.1, -0.05) is 0 Å². The summed E-state index contributed by atoms with van der Waals surface area (Å²) in [6.07, 6.45) is 9.96. The summed E-state index contributed by atoms with van der Waals surface area (Å²) in [5, 5.41) is 18.3. The van der Waals surface area contributed by atoms with E-state index in [1.165, 1.54) is 31.4 Å². The molecule has 5 heterocycles. The molecule has 3 aromatic heterocycles. The molecule has 1 amide bonds. The van der Waals surface area contributed by atoms with E-state index in [0.717, 1.165) is 81.7 Å². The second kappa shape index (κ2) is 11.7. The molecule has 194 valence electrons. The third kappa shape index (κ3) is 6.14. The molecule has 0 unspecified atom stereocenters. The molecule has 3 aromatic rings. The van der Waals surface area contributed by atoms with Gasteiger partial charge in [-0.3, -0.25) is 14.8 Å². The Kier molecular flexibility index (Phi) is 7.97. The first kappa shape index (κ1) is 24.5. The van der Waals surface area contributed by atoms with E-state index in [9.17, 15) is 4.79 Å². The average molecular weight is 496 g/mol. The lowest BCUT2D eigenvalue weighted by Crippen LogP contribution is -2.46. The highest BCUT2D eigenvalue weighted by atomic mass is 16.5. The minimum absolute atomic E-state index is 0.336. The maximum Gasteiger partial charge on any atom is 0.245 e. The van der Waals surface area contributed by atoms with Crippen molar-refractivity contribution in [3.05, 3.63) is 30.1 Å². The predicted octanol–water partition coefficient (Wildman–Crippen LogP) is 2.52. The van der Waals surface area contributed by atoms with E-state index < -0.39 is 0 Å². The molecule has 2 saturated heterocycles. The van der Waals surface area contributed by atoms with Crippen LogP contribution in [0.3, 0.4) is 0 Å². The first-order valence-corrected chi connectivity index (χ1v) is 13.1.